The third-order valence-electron chi connectivity index (χ3n) is 2.37. The van der Waals surface area contributed by atoms with Crippen molar-refractivity contribution in [1.29, 1.82) is 0 Å². The van der Waals surface area contributed by atoms with Crippen LogP contribution in [-0.2, 0) is 24.1 Å². The average Bonchev–Trinajstić information content (AvgIpc) is 2.42. The molecule has 1 atom stereocenters. The summed E-state index contributed by atoms with van der Waals surface area (Å²) in [6, 6.07) is 9.12. The first-order valence-corrected chi connectivity index (χ1v) is 6.34. The van der Waals surface area contributed by atoms with Crippen molar-refractivity contribution in [2.24, 2.45) is 0 Å². The number of esters is 1. The van der Waals surface area contributed by atoms with Crippen molar-refractivity contribution in [2.75, 3.05) is 7.11 Å². The van der Waals surface area contributed by atoms with Crippen LogP contribution in [0.15, 0.2) is 30.3 Å². The summed E-state index contributed by atoms with van der Waals surface area (Å²) in [4.78, 5) is 33.5. The minimum Gasteiger partial charge on any atom is -0.463 e. The van der Waals surface area contributed by atoms with E-state index in [0.29, 0.717) is 0 Å². The normalized spacial score (nSPS) is 12.8. The van der Waals surface area contributed by atoms with Crippen LogP contribution in [0.5, 0.6) is 0 Å². The molecule has 0 unspecified atom stereocenters. The van der Waals surface area contributed by atoms with Gasteiger partial charge >= 0.3 is 5.97 Å². The molecule has 0 N–H and O–H groups in total. The summed E-state index contributed by atoms with van der Waals surface area (Å²) in [5, 5.41) is 0. The number of methoxy groups -OCH3 is 1. The maximum atomic E-state index is 11.7. The molecule has 0 saturated heterocycles. The molecule has 0 amide bonds. The summed E-state index contributed by atoms with van der Waals surface area (Å²) >= 11 is 0. The van der Waals surface area contributed by atoms with E-state index in [1.54, 1.807) is 12.1 Å². The maximum absolute atomic E-state index is 11.7. The molecule has 0 bridgehead atoms. The summed E-state index contributed by atoms with van der Waals surface area (Å²) < 4.78 is 4.41. The second-order valence-electron chi connectivity index (χ2n) is 5.31. The number of ether oxygens (including phenoxy) is 1. The second kappa shape index (κ2) is 7.17. The van der Waals surface area contributed by atoms with Crippen molar-refractivity contribution in [2.45, 2.75) is 38.9 Å². The van der Waals surface area contributed by atoms with Gasteiger partial charge in [0, 0.05) is 0 Å². The van der Waals surface area contributed by atoms with Crippen molar-refractivity contribution in [3.05, 3.63) is 35.9 Å². The highest BCUT2D eigenvalue weighted by molar-refractivity contribution is 6.33. The first kappa shape index (κ1) is 16.3. The lowest BCUT2D eigenvalue weighted by atomic mass is 10.0. The fraction of sp³-hybridized carbons (Fsp3) is 0.467. The summed E-state index contributed by atoms with van der Waals surface area (Å²) in [6.45, 7) is 5.49. The second-order valence-corrected chi connectivity index (χ2v) is 5.31. The van der Waals surface area contributed by atoms with E-state index in [4.69, 9.17) is 9.78 Å². The molecule has 0 aliphatic heterocycles. The van der Waals surface area contributed by atoms with E-state index >= 15 is 0 Å². The molecule has 5 nitrogen and oxygen atoms in total. The third kappa shape index (κ3) is 5.50. The van der Waals surface area contributed by atoms with Gasteiger partial charge in [-0.05, 0) is 26.3 Å². The SMILES string of the molecule is COC(=O)C(=O)C[C@H](OOC(C)(C)C)c1ccccc1. The van der Waals surface area contributed by atoms with E-state index in [1.165, 1.54) is 7.11 Å². The molecule has 20 heavy (non-hydrogen) atoms. The van der Waals surface area contributed by atoms with Gasteiger partial charge in [-0.2, -0.15) is 0 Å². The first-order chi connectivity index (χ1) is 9.33. The summed E-state index contributed by atoms with van der Waals surface area (Å²) in [6.07, 6.45) is -0.783. The molecule has 0 spiro atoms. The molecule has 5 heteroatoms. The molecule has 1 rings (SSSR count). The van der Waals surface area contributed by atoms with Crippen LogP contribution in [0.4, 0.5) is 0 Å². The number of hydrogen-bond acceptors (Lipinski definition) is 5. The molecule has 0 aromatic heterocycles. The van der Waals surface area contributed by atoms with E-state index in [1.807, 2.05) is 39.0 Å². The van der Waals surface area contributed by atoms with Crippen LogP contribution in [0.3, 0.4) is 0 Å². The molecule has 110 valence electrons. The van der Waals surface area contributed by atoms with Gasteiger partial charge in [0.05, 0.1) is 19.1 Å². The lowest BCUT2D eigenvalue weighted by Gasteiger charge is -2.23. The van der Waals surface area contributed by atoms with Crippen molar-refractivity contribution in [1.82, 2.24) is 0 Å². The summed E-state index contributed by atoms with van der Waals surface area (Å²) in [5.41, 5.74) is 0.246. The lowest BCUT2D eigenvalue weighted by molar-refractivity contribution is -0.375. The fourth-order valence-electron chi connectivity index (χ4n) is 1.44. The van der Waals surface area contributed by atoms with Gasteiger partial charge in [-0.1, -0.05) is 30.3 Å². The Kier molecular flexibility index (Phi) is 5.85. The monoisotopic (exact) mass is 280 g/mol. The molecule has 0 aliphatic rings. The Morgan fingerprint density at radius 2 is 1.75 bits per heavy atom. The van der Waals surface area contributed by atoms with Crippen LogP contribution >= 0.6 is 0 Å². The Hall–Kier alpha value is -1.72. The Balaban J connectivity index is 2.80. The summed E-state index contributed by atoms with van der Waals surface area (Å²) in [5.74, 6) is -1.54. The van der Waals surface area contributed by atoms with Crippen molar-refractivity contribution in [3.63, 3.8) is 0 Å². The molecular weight excluding hydrogens is 260 g/mol. The van der Waals surface area contributed by atoms with Gasteiger partial charge in [0.15, 0.2) is 0 Å². The van der Waals surface area contributed by atoms with Gasteiger partial charge in [0.25, 0.3) is 0 Å². The molecule has 0 saturated carbocycles. The lowest BCUT2D eigenvalue weighted by Crippen LogP contribution is -2.24. The third-order valence-corrected chi connectivity index (χ3v) is 2.37. The number of carbonyl (C=O) groups excluding carboxylic acids is 2. The zero-order valence-electron chi connectivity index (χ0n) is 12.2. The van der Waals surface area contributed by atoms with Crippen LogP contribution in [0, 0.1) is 0 Å². The number of carbonyl (C=O) groups is 2. The zero-order chi connectivity index (χ0) is 15.2. The highest BCUT2D eigenvalue weighted by Gasteiger charge is 2.25. The molecule has 1 aromatic carbocycles. The van der Waals surface area contributed by atoms with E-state index in [2.05, 4.69) is 4.74 Å². The molecular formula is C15H20O5. The number of rotatable bonds is 6. The van der Waals surface area contributed by atoms with Gasteiger partial charge in [0.2, 0.25) is 5.78 Å². The standard InChI is InChI=1S/C15H20O5/c1-15(2,3)20-19-13(10-12(16)14(17)18-4)11-8-6-5-7-9-11/h5-9,13H,10H2,1-4H3/t13-/m0/s1. The van der Waals surface area contributed by atoms with Crippen LogP contribution < -0.4 is 0 Å². The van der Waals surface area contributed by atoms with Gasteiger partial charge in [-0.15, -0.1) is 0 Å². The topological polar surface area (TPSA) is 61.8 Å². The number of hydrogen-bond donors (Lipinski definition) is 0. The minimum absolute atomic E-state index is 0.132. The Morgan fingerprint density at radius 1 is 1.15 bits per heavy atom. The predicted octanol–water partition coefficient (Wildman–Crippen LogP) is 2.61. The van der Waals surface area contributed by atoms with Crippen LogP contribution in [0.25, 0.3) is 0 Å². The molecule has 0 fully saturated rings. The fourth-order valence-corrected chi connectivity index (χ4v) is 1.44. The van der Waals surface area contributed by atoms with Gasteiger partial charge in [-0.25, -0.2) is 14.6 Å². The van der Waals surface area contributed by atoms with Crippen molar-refractivity contribution in [3.8, 4) is 0 Å². The largest absolute Gasteiger partial charge is 0.463 e. The Morgan fingerprint density at radius 3 is 2.25 bits per heavy atom. The molecule has 0 heterocycles. The Bertz CT molecular complexity index is 447. The predicted molar refractivity (Wildman–Crippen MR) is 72.7 cm³/mol. The average molecular weight is 280 g/mol. The van der Waals surface area contributed by atoms with Crippen molar-refractivity contribution < 1.29 is 24.1 Å². The van der Waals surface area contributed by atoms with E-state index in [-0.39, 0.29) is 6.42 Å². The minimum atomic E-state index is -0.884. The van der Waals surface area contributed by atoms with Crippen LogP contribution in [0.1, 0.15) is 38.9 Å². The highest BCUT2D eigenvalue weighted by atomic mass is 17.2. The van der Waals surface area contributed by atoms with Gasteiger partial charge in [0.1, 0.15) is 6.10 Å². The smallest absolute Gasteiger partial charge is 0.374 e. The van der Waals surface area contributed by atoms with Crippen LogP contribution in [-0.4, -0.2) is 24.5 Å². The van der Waals surface area contributed by atoms with E-state index in [0.717, 1.165) is 5.56 Å². The van der Waals surface area contributed by atoms with E-state index in [9.17, 15) is 9.59 Å². The summed E-state index contributed by atoms with van der Waals surface area (Å²) in [7, 11) is 1.17. The number of Topliss-reactive ketones (excluding diaryl/α,β-unsaturated/α-hetero) is 1. The first-order valence-electron chi connectivity index (χ1n) is 6.34. The molecule has 1 aromatic rings. The molecule has 0 aliphatic carbocycles. The number of benzene rings is 1. The van der Waals surface area contributed by atoms with E-state index < -0.39 is 23.5 Å². The van der Waals surface area contributed by atoms with Gasteiger partial charge < -0.3 is 4.74 Å². The maximum Gasteiger partial charge on any atom is 0.374 e. The Labute approximate surface area is 118 Å². The van der Waals surface area contributed by atoms with Gasteiger partial charge in [-0.3, -0.25) is 4.79 Å². The van der Waals surface area contributed by atoms with Crippen molar-refractivity contribution >= 4 is 11.8 Å². The zero-order valence-corrected chi connectivity index (χ0v) is 12.2. The molecule has 0 radical (unpaired) electrons. The van der Waals surface area contributed by atoms with Crippen LogP contribution in [0.2, 0.25) is 0 Å². The highest BCUT2D eigenvalue weighted by Crippen LogP contribution is 2.24. The quantitative estimate of drug-likeness (QED) is 0.347. The number of ketones is 1.